The van der Waals surface area contributed by atoms with Gasteiger partial charge in [-0.2, -0.15) is 0 Å². The summed E-state index contributed by atoms with van der Waals surface area (Å²) in [6.07, 6.45) is 6.06. The van der Waals surface area contributed by atoms with Crippen molar-refractivity contribution in [2.75, 3.05) is 5.32 Å². The van der Waals surface area contributed by atoms with Crippen LogP contribution in [0.2, 0.25) is 0 Å². The Hall–Kier alpha value is -0.750. The molecule has 0 aromatic heterocycles. The molecule has 0 saturated heterocycles. The van der Waals surface area contributed by atoms with Gasteiger partial charge in [-0.25, -0.2) is 0 Å². The molecule has 1 aromatic carbocycles. The molecule has 0 unspecified atom stereocenters. The highest BCUT2D eigenvalue weighted by atomic mass is 35.6. The molecule has 0 bridgehead atoms. The van der Waals surface area contributed by atoms with Crippen molar-refractivity contribution in [2.45, 2.75) is 75.7 Å². The monoisotopic (exact) mass is 465 g/mol. The fourth-order valence-corrected chi connectivity index (χ4v) is 3.30. The molecule has 0 aliphatic carbocycles. The summed E-state index contributed by atoms with van der Waals surface area (Å²) < 4.78 is -1.75. The second-order valence-corrected chi connectivity index (χ2v) is 9.75. The summed E-state index contributed by atoms with van der Waals surface area (Å²) in [7, 11) is 0. The quantitative estimate of drug-likeness (QED) is 0.167. The summed E-state index contributed by atoms with van der Waals surface area (Å²) in [4.78, 5) is 12.2. The van der Waals surface area contributed by atoms with Crippen molar-refractivity contribution in [3.05, 3.63) is 29.3 Å². The first-order chi connectivity index (χ1) is 13.1. The summed E-state index contributed by atoms with van der Waals surface area (Å²) in [5.74, 6) is -0.173. The van der Waals surface area contributed by atoms with Crippen molar-refractivity contribution in [1.82, 2.24) is 10.6 Å². The van der Waals surface area contributed by atoms with Crippen LogP contribution in [0, 0.1) is 13.8 Å². The first-order valence-electron chi connectivity index (χ1n) is 9.64. The molecule has 158 valence electrons. The summed E-state index contributed by atoms with van der Waals surface area (Å²) >= 11 is 23.4. The highest BCUT2D eigenvalue weighted by Crippen LogP contribution is 2.29. The van der Waals surface area contributed by atoms with Crippen LogP contribution in [-0.2, 0) is 4.79 Å². The number of carbonyl (C=O) groups excluding carboxylic acids is 1. The number of aryl methyl sites for hydroxylation is 2. The van der Waals surface area contributed by atoms with Crippen LogP contribution in [-0.4, -0.2) is 21.0 Å². The molecule has 1 amide bonds. The van der Waals surface area contributed by atoms with Gasteiger partial charge in [0.25, 0.3) is 0 Å². The summed E-state index contributed by atoms with van der Waals surface area (Å²) in [6.45, 7) is 6.18. The van der Waals surface area contributed by atoms with E-state index in [9.17, 15) is 4.79 Å². The van der Waals surface area contributed by atoms with Gasteiger partial charge in [-0.1, -0.05) is 91.5 Å². The predicted molar refractivity (Wildman–Crippen MR) is 125 cm³/mol. The number of nitrogens with one attached hydrogen (secondary N) is 3. The third kappa shape index (κ3) is 10.1. The lowest BCUT2D eigenvalue weighted by Crippen LogP contribution is -2.56. The fraction of sp³-hybridized carbons (Fsp3) is 0.600. The number of unbranched alkanes of at least 4 members (excludes halogenated alkanes) is 5. The van der Waals surface area contributed by atoms with E-state index in [0.717, 1.165) is 36.1 Å². The Morgan fingerprint density at radius 1 is 1.07 bits per heavy atom. The Kier molecular flexibility index (Phi) is 11.5. The van der Waals surface area contributed by atoms with Gasteiger partial charge >= 0.3 is 0 Å². The Bertz CT molecular complexity index is 650. The van der Waals surface area contributed by atoms with E-state index < -0.39 is 9.96 Å². The topological polar surface area (TPSA) is 53.2 Å². The van der Waals surface area contributed by atoms with Crippen molar-refractivity contribution >= 4 is 63.7 Å². The van der Waals surface area contributed by atoms with E-state index in [1.165, 1.54) is 19.3 Å². The minimum atomic E-state index is -1.75. The maximum Gasteiger partial charge on any atom is 0.228 e. The molecule has 0 radical (unpaired) electrons. The molecule has 0 fully saturated rings. The molecule has 0 aliphatic rings. The number of halogens is 3. The van der Waals surface area contributed by atoms with E-state index >= 15 is 0 Å². The van der Waals surface area contributed by atoms with Crippen LogP contribution < -0.4 is 16.0 Å². The number of rotatable bonds is 10. The third-order valence-corrected chi connectivity index (χ3v) is 5.17. The standard InChI is InChI=1S/C20H30Cl3N3OS/c1-4-5-6-7-8-9-10-17(27)25-18(20(21,22)23)26-19(28)24-16-12-11-14(2)13-15(16)3/h11-13,18H,4-10H2,1-3H3,(H,25,27)(H2,24,26,28)/t18-/m0/s1. The van der Waals surface area contributed by atoms with Gasteiger partial charge in [0, 0.05) is 12.1 Å². The molecule has 3 N–H and O–H groups in total. The molecule has 1 aromatic rings. The van der Waals surface area contributed by atoms with Crippen LogP contribution in [0.4, 0.5) is 5.69 Å². The number of alkyl halides is 3. The smallest absolute Gasteiger partial charge is 0.228 e. The summed E-state index contributed by atoms with van der Waals surface area (Å²) in [5, 5.41) is 8.96. The van der Waals surface area contributed by atoms with E-state index in [2.05, 4.69) is 22.9 Å². The average Bonchev–Trinajstić information content (AvgIpc) is 2.59. The largest absolute Gasteiger partial charge is 0.339 e. The normalized spacial score (nSPS) is 12.4. The number of hydrogen-bond acceptors (Lipinski definition) is 2. The number of amides is 1. The Balaban J connectivity index is 2.53. The highest BCUT2D eigenvalue weighted by Gasteiger charge is 2.34. The van der Waals surface area contributed by atoms with Crippen LogP contribution in [0.1, 0.15) is 63.0 Å². The van der Waals surface area contributed by atoms with Crippen LogP contribution in [0.25, 0.3) is 0 Å². The fourth-order valence-electron chi connectivity index (χ4n) is 2.74. The van der Waals surface area contributed by atoms with E-state index in [4.69, 9.17) is 47.0 Å². The van der Waals surface area contributed by atoms with Crippen LogP contribution in [0.15, 0.2) is 18.2 Å². The summed E-state index contributed by atoms with van der Waals surface area (Å²) in [6, 6.07) is 5.95. The Morgan fingerprint density at radius 3 is 2.32 bits per heavy atom. The lowest BCUT2D eigenvalue weighted by atomic mass is 10.1. The molecule has 0 aliphatic heterocycles. The van der Waals surface area contributed by atoms with E-state index in [0.29, 0.717) is 6.42 Å². The molecule has 1 atom stereocenters. The Labute approximate surface area is 189 Å². The average molecular weight is 467 g/mol. The molecule has 8 heteroatoms. The van der Waals surface area contributed by atoms with Gasteiger partial charge in [-0.15, -0.1) is 0 Å². The molecule has 0 saturated carbocycles. The van der Waals surface area contributed by atoms with Crippen LogP contribution in [0.5, 0.6) is 0 Å². The molecule has 4 nitrogen and oxygen atoms in total. The number of hydrogen-bond donors (Lipinski definition) is 3. The van der Waals surface area contributed by atoms with E-state index in [-0.39, 0.29) is 11.0 Å². The second kappa shape index (κ2) is 12.7. The minimum Gasteiger partial charge on any atom is -0.339 e. The van der Waals surface area contributed by atoms with Gasteiger partial charge in [0.15, 0.2) is 5.11 Å². The molecular formula is C20H30Cl3N3OS. The maximum absolute atomic E-state index is 12.2. The third-order valence-electron chi connectivity index (χ3n) is 4.30. The number of carbonyl (C=O) groups is 1. The number of thiocarbonyl (C=S) groups is 1. The van der Waals surface area contributed by atoms with Gasteiger partial charge in [0.05, 0.1) is 0 Å². The zero-order valence-corrected chi connectivity index (χ0v) is 19.8. The number of benzene rings is 1. The molecule has 0 spiro atoms. The first kappa shape index (κ1) is 25.3. The molecule has 1 rings (SSSR count). The van der Waals surface area contributed by atoms with Gasteiger partial charge in [-0.05, 0) is 44.1 Å². The SMILES string of the molecule is CCCCCCCCC(=O)N[C@@H](NC(=S)Nc1ccc(C)cc1C)C(Cl)(Cl)Cl. The number of anilines is 1. The lowest BCUT2D eigenvalue weighted by Gasteiger charge is -2.28. The molecule has 28 heavy (non-hydrogen) atoms. The van der Waals surface area contributed by atoms with Crippen molar-refractivity contribution in [3.8, 4) is 0 Å². The van der Waals surface area contributed by atoms with Gasteiger partial charge < -0.3 is 16.0 Å². The lowest BCUT2D eigenvalue weighted by molar-refractivity contribution is -0.122. The molecular weight excluding hydrogens is 437 g/mol. The van der Waals surface area contributed by atoms with Crippen LogP contribution >= 0.6 is 47.0 Å². The van der Waals surface area contributed by atoms with Gasteiger partial charge in [-0.3, -0.25) is 4.79 Å². The molecule has 0 heterocycles. The van der Waals surface area contributed by atoms with Gasteiger partial charge in [0.2, 0.25) is 9.70 Å². The van der Waals surface area contributed by atoms with Crippen molar-refractivity contribution in [3.63, 3.8) is 0 Å². The van der Waals surface area contributed by atoms with Crippen molar-refractivity contribution < 1.29 is 4.79 Å². The Morgan fingerprint density at radius 2 is 1.71 bits per heavy atom. The predicted octanol–water partition coefficient (Wildman–Crippen LogP) is 6.15. The van der Waals surface area contributed by atoms with E-state index in [1.807, 2.05) is 32.0 Å². The zero-order valence-electron chi connectivity index (χ0n) is 16.7. The highest BCUT2D eigenvalue weighted by molar-refractivity contribution is 7.80. The maximum atomic E-state index is 12.2. The van der Waals surface area contributed by atoms with Crippen molar-refractivity contribution in [2.24, 2.45) is 0 Å². The second-order valence-electron chi connectivity index (χ2n) is 6.98. The van der Waals surface area contributed by atoms with Crippen LogP contribution in [0.3, 0.4) is 0 Å². The van der Waals surface area contributed by atoms with E-state index in [1.54, 1.807) is 0 Å². The zero-order chi connectivity index (χ0) is 21.2. The first-order valence-corrected chi connectivity index (χ1v) is 11.2. The minimum absolute atomic E-state index is 0.173. The van der Waals surface area contributed by atoms with Crippen molar-refractivity contribution in [1.29, 1.82) is 0 Å². The summed E-state index contributed by atoms with van der Waals surface area (Å²) in [5.41, 5.74) is 3.05. The van der Waals surface area contributed by atoms with Gasteiger partial charge in [0.1, 0.15) is 6.17 Å².